The van der Waals surface area contributed by atoms with Crippen molar-refractivity contribution in [2.45, 2.75) is 18.9 Å². The minimum Gasteiger partial charge on any atom is -0.391 e. The lowest BCUT2D eigenvalue weighted by molar-refractivity contribution is 0.153. The van der Waals surface area contributed by atoms with E-state index in [0.717, 1.165) is 19.0 Å². The Balaban J connectivity index is 2.24. The van der Waals surface area contributed by atoms with Gasteiger partial charge >= 0.3 is 0 Å². The number of aliphatic hydroxyl groups is 1. The molecule has 1 N–H and O–H groups in total. The third kappa shape index (κ3) is 2.35. The number of hydrogen-bond acceptors (Lipinski definition) is 4. The number of halogens is 2. The van der Waals surface area contributed by atoms with Crippen LogP contribution >= 0.6 is 11.6 Å². The molecule has 15 heavy (non-hydrogen) atoms. The number of rotatable bonds is 1. The van der Waals surface area contributed by atoms with E-state index < -0.39 is 11.9 Å². The minimum atomic E-state index is -0.506. The van der Waals surface area contributed by atoms with Crippen molar-refractivity contribution in [3.63, 3.8) is 0 Å². The van der Waals surface area contributed by atoms with Gasteiger partial charge in [-0.05, 0) is 24.4 Å². The van der Waals surface area contributed by atoms with Crippen LogP contribution in [0, 0.1) is 5.82 Å². The number of hydrogen-bond donors (Lipinski definition) is 1. The van der Waals surface area contributed by atoms with Gasteiger partial charge in [-0.1, -0.05) is 0 Å². The molecule has 2 heterocycles. The zero-order chi connectivity index (χ0) is 10.8. The number of nitrogens with zero attached hydrogens (tertiary/aromatic N) is 3. The highest BCUT2D eigenvalue weighted by Gasteiger charge is 2.21. The zero-order valence-electron chi connectivity index (χ0n) is 8.03. The maximum atomic E-state index is 13.4. The van der Waals surface area contributed by atoms with Crippen molar-refractivity contribution in [3.8, 4) is 0 Å². The van der Waals surface area contributed by atoms with E-state index >= 15 is 0 Å². The van der Waals surface area contributed by atoms with E-state index in [2.05, 4.69) is 9.97 Å². The quantitative estimate of drug-likeness (QED) is 0.739. The minimum absolute atomic E-state index is 0.0199. The summed E-state index contributed by atoms with van der Waals surface area (Å²) in [5.74, 6) is -0.331. The van der Waals surface area contributed by atoms with Gasteiger partial charge in [0.1, 0.15) is 0 Å². The Morgan fingerprint density at radius 2 is 2.40 bits per heavy atom. The summed E-state index contributed by atoms with van der Waals surface area (Å²) in [5, 5.41) is 9.48. The van der Waals surface area contributed by atoms with Gasteiger partial charge < -0.3 is 10.0 Å². The number of aromatic nitrogens is 2. The highest BCUT2D eigenvalue weighted by molar-refractivity contribution is 6.28. The molecule has 1 saturated heterocycles. The first-order chi connectivity index (χ1) is 7.16. The van der Waals surface area contributed by atoms with Gasteiger partial charge in [0.25, 0.3) is 0 Å². The van der Waals surface area contributed by atoms with Crippen molar-refractivity contribution >= 4 is 17.4 Å². The van der Waals surface area contributed by atoms with Gasteiger partial charge in [-0.3, -0.25) is 0 Å². The smallest absolute Gasteiger partial charge is 0.224 e. The first-order valence-electron chi connectivity index (χ1n) is 4.78. The highest BCUT2D eigenvalue weighted by Crippen LogP contribution is 2.21. The van der Waals surface area contributed by atoms with Crippen molar-refractivity contribution in [2.24, 2.45) is 0 Å². The Kier molecular flexibility index (Phi) is 3.02. The molecule has 0 radical (unpaired) electrons. The largest absolute Gasteiger partial charge is 0.391 e. The van der Waals surface area contributed by atoms with Gasteiger partial charge in [-0.25, -0.2) is 9.37 Å². The first kappa shape index (κ1) is 10.6. The molecule has 0 aliphatic carbocycles. The van der Waals surface area contributed by atoms with Crippen LogP contribution in [0.4, 0.5) is 10.2 Å². The predicted molar refractivity (Wildman–Crippen MR) is 54.5 cm³/mol. The molecule has 0 saturated carbocycles. The summed E-state index contributed by atoms with van der Waals surface area (Å²) in [4.78, 5) is 9.06. The topological polar surface area (TPSA) is 49.2 Å². The SMILES string of the molecule is OC1CCCN(c2nc(Cl)ncc2F)C1. The van der Waals surface area contributed by atoms with E-state index in [9.17, 15) is 9.50 Å². The molecule has 2 rings (SSSR count). The number of anilines is 1. The van der Waals surface area contributed by atoms with Crippen molar-refractivity contribution in [2.75, 3.05) is 18.0 Å². The van der Waals surface area contributed by atoms with Gasteiger partial charge in [-0.15, -0.1) is 0 Å². The molecule has 1 aromatic heterocycles. The second-order valence-electron chi connectivity index (χ2n) is 3.55. The molecule has 0 aromatic carbocycles. The van der Waals surface area contributed by atoms with Crippen LogP contribution in [0.15, 0.2) is 6.20 Å². The summed E-state index contributed by atoms with van der Waals surface area (Å²) in [6, 6.07) is 0. The molecular formula is C9H11ClFN3O. The number of β-amino-alcohol motifs (C(OH)–C–C–N with tert-alkyl or cyclic N) is 1. The molecule has 6 heteroatoms. The van der Waals surface area contributed by atoms with Crippen LogP contribution in [0.2, 0.25) is 5.28 Å². The molecule has 1 aliphatic heterocycles. The molecule has 1 unspecified atom stereocenters. The highest BCUT2D eigenvalue weighted by atomic mass is 35.5. The van der Waals surface area contributed by atoms with Gasteiger partial charge in [0.05, 0.1) is 12.3 Å². The molecule has 1 aromatic rings. The summed E-state index contributed by atoms with van der Waals surface area (Å²) >= 11 is 5.59. The summed E-state index contributed by atoms with van der Waals surface area (Å²) in [6.45, 7) is 1.07. The normalized spacial score (nSPS) is 21.8. The molecule has 1 aliphatic rings. The Bertz CT molecular complexity index is 363. The van der Waals surface area contributed by atoms with E-state index in [0.29, 0.717) is 13.1 Å². The van der Waals surface area contributed by atoms with E-state index in [-0.39, 0.29) is 11.1 Å². The second kappa shape index (κ2) is 4.28. The molecule has 0 bridgehead atoms. The van der Waals surface area contributed by atoms with Crippen molar-refractivity contribution in [1.29, 1.82) is 0 Å². The van der Waals surface area contributed by atoms with Crippen LogP contribution in [-0.2, 0) is 0 Å². The third-order valence-electron chi connectivity index (χ3n) is 2.39. The van der Waals surface area contributed by atoms with Crippen LogP contribution in [0.5, 0.6) is 0 Å². The van der Waals surface area contributed by atoms with Gasteiger partial charge in [0, 0.05) is 13.1 Å². The van der Waals surface area contributed by atoms with Gasteiger partial charge in [0.2, 0.25) is 5.28 Å². The maximum absolute atomic E-state index is 13.4. The molecular weight excluding hydrogens is 221 g/mol. The zero-order valence-corrected chi connectivity index (χ0v) is 8.78. The Morgan fingerprint density at radius 3 is 3.13 bits per heavy atom. The molecule has 0 spiro atoms. The first-order valence-corrected chi connectivity index (χ1v) is 5.15. The average Bonchev–Trinajstić information content (AvgIpc) is 2.22. The standard InChI is InChI=1S/C9H11ClFN3O/c10-9-12-4-7(11)8(13-9)14-3-1-2-6(15)5-14/h4,6,15H,1-3,5H2. The van der Waals surface area contributed by atoms with Crippen LogP contribution in [-0.4, -0.2) is 34.3 Å². The third-order valence-corrected chi connectivity index (χ3v) is 2.57. The Labute approximate surface area is 91.7 Å². The molecule has 1 atom stereocenters. The molecule has 0 amide bonds. The van der Waals surface area contributed by atoms with Crippen LogP contribution in [0.1, 0.15) is 12.8 Å². The fourth-order valence-corrected chi connectivity index (χ4v) is 1.84. The lowest BCUT2D eigenvalue weighted by Crippen LogP contribution is -2.39. The Hall–Kier alpha value is -0.940. The number of aliphatic hydroxyl groups excluding tert-OH is 1. The maximum Gasteiger partial charge on any atom is 0.224 e. The van der Waals surface area contributed by atoms with Crippen molar-refractivity contribution in [3.05, 3.63) is 17.3 Å². The van der Waals surface area contributed by atoms with E-state index in [4.69, 9.17) is 11.6 Å². The number of piperidine rings is 1. The average molecular weight is 232 g/mol. The Morgan fingerprint density at radius 1 is 1.60 bits per heavy atom. The van der Waals surface area contributed by atoms with Crippen LogP contribution < -0.4 is 4.90 Å². The van der Waals surface area contributed by atoms with E-state index in [1.807, 2.05) is 0 Å². The molecule has 82 valence electrons. The molecule has 1 fully saturated rings. The lowest BCUT2D eigenvalue weighted by Gasteiger charge is -2.30. The summed E-state index contributed by atoms with van der Waals surface area (Å²) in [7, 11) is 0. The predicted octanol–water partition coefficient (Wildman–Crippen LogP) is 1.23. The van der Waals surface area contributed by atoms with Crippen molar-refractivity contribution < 1.29 is 9.50 Å². The second-order valence-corrected chi connectivity index (χ2v) is 3.89. The summed E-state index contributed by atoms with van der Waals surface area (Å²) < 4.78 is 13.4. The van der Waals surface area contributed by atoms with Gasteiger partial charge in [0.15, 0.2) is 11.6 Å². The monoisotopic (exact) mass is 231 g/mol. The fourth-order valence-electron chi connectivity index (χ4n) is 1.71. The van der Waals surface area contributed by atoms with Crippen LogP contribution in [0.25, 0.3) is 0 Å². The lowest BCUT2D eigenvalue weighted by atomic mass is 10.1. The van der Waals surface area contributed by atoms with Crippen LogP contribution in [0.3, 0.4) is 0 Å². The van der Waals surface area contributed by atoms with Gasteiger partial charge in [-0.2, -0.15) is 4.98 Å². The van der Waals surface area contributed by atoms with Crippen molar-refractivity contribution in [1.82, 2.24) is 9.97 Å². The molecule has 4 nitrogen and oxygen atoms in total. The fraction of sp³-hybridized carbons (Fsp3) is 0.556. The van der Waals surface area contributed by atoms with E-state index in [1.54, 1.807) is 4.90 Å². The summed E-state index contributed by atoms with van der Waals surface area (Å²) in [6.07, 6.45) is 2.19. The summed E-state index contributed by atoms with van der Waals surface area (Å²) in [5.41, 5.74) is 0. The van der Waals surface area contributed by atoms with E-state index in [1.165, 1.54) is 0 Å².